The van der Waals surface area contributed by atoms with E-state index in [1.165, 1.54) is 24.3 Å². The third-order valence-corrected chi connectivity index (χ3v) is 5.24. The molecule has 0 aromatic heterocycles. The average molecular weight is 416 g/mol. The van der Waals surface area contributed by atoms with Gasteiger partial charge in [0.1, 0.15) is 5.75 Å². The van der Waals surface area contributed by atoms with Gasteiger partial charge in [0.15, 0.2) is 0 Å². The van der Waals surface area contributed by atoms with Crippen LogP contribution in [0.2, 0.25) is 0 Å². The largest absolute Gasteiger partial charge is 0.573 e. The molecule has 28 heavy (non-hydrogen) atoms. The zero-order chi connectivity index (χ0) is 20.9. The number of carbonyl (C=O) groups is 1. The smallest absolute Gasteiger partial charge is 0.406 e. The van der Waals surface area contributed by atoms with Crippen molar-refractivity contribution in [1.82, 2.24) is 4.72 Å². The first-order chi connectivity index (χ1) is 13.0. The van der Waals surface area contributed by atoms with E-state index in [-0.39, 0.29) is 23.5 Å². The standard InChI is InChI=1S/C18H19F3N2O4S/c1-12-6-7-16(10-13(12)2)28(25,26)22-9-8-17(24)23-14-4-3-5-15(11-14)27-18(19,20)21/h3-7,10-11,22H,8-9H2,1-2H3,(H,23,24). The quantitative estimate of drug-likeness (QED) is 0.724. The molecule has 1 amide bonds. The van der Waals surface area contributed by atoms with Gasteiger partial charge in [0.05, 0.1) is 4.90 Å². The first-order valence-electron chi connectivity index (χ1n) is 8.19. The highest BCUT2D eigenvalue weighted by molar-refractivity contribution is 7.89. The van der Waals surface area contributed by atoms with Crippen LogP contribution in [0.4, 0.5) is 18.9 Å². The molecule has 2 rings (SSSR count). The van der Waals surface area contributed by atoms with Crippen molar-refractivity contribution in [3.8, 4) is 5.75 Å². The Labute approximate surface area is 160 Å². The summed E-state index contributed by atoms with van der Waals surface area (Å²) in [6, 6.07) is 9.48. The van der Waals surface area contributed by atoms with E-state index in [1.807, 2.05) is 6.92 Å². The molecule has 0 aliphatic heterocycles. The van der Waals surface area contributed by atoms with Crippen LogP contribution in [0.25, 0.3) is 0 Å². The Balaban J connectivity index is 1.90. The van der Waals surface area contributed by atoms with Crippen LogP contribution in [-0.4, -0.2) is 27.2 Å². The number of rotatable bonds is 7. The lowest BCUT2D eigenvalue weighted by molar-refractivity contribution is -0.274. The summed E-state index contributed by atoms with van der Waals surface area (Å²) in [6.45, 7) is 3.48. The summed E-state index contributed by atoms with van der Waals surface area (Å²) in [5, 5.41) is 2.39. The lowest BCUT2D eigenvalue weighted by Gasteiger charge is -2.11. The highest BCUT2D eigenvalue weighted by atomic mass is 32.2. The molecule has 0 aliphatic carbocycles. The zero-order valence-electron chi connectivity index (χ0n) is 15.1. The fourth-order valence-corrected chi connectivity index (χ4v) is 3.37. The second-order valence-corrected chi connectivity index (χ2v) is 7.78. The SMILES string of the molecule is Cc1ccc(S(=O)(=O)NCCC(=O)Nc2cccc(OC(F)(F)F)c2)cc1C. The first-order valence-corrected chi connectivity index (χ1v) is 9.67. The van der Waals surface area contributed by atoms with Crippen LogP contribution in [0.3, 0.4) is 0 Å². The van der Waals surface area contributed by atoms with Crippen molar-refractivity contribution in [1.29, 1.82) is 0 Å². The minimum Gasteiger partial charge on any atom is -0.406 e. The molecule has 0 saturated heterocycles. The Morgan fingerprint density at radius 1 is 1.07 bits per heavy atom. The maximum atomic E-state index is 12.2. The molecular formula is C18H19F3N2O4S. The van der Waals surface area contributed by atoms with Crippen LogP contribution in [-0.2, 0) is 14.8 Å². The van der Waals surface area contributed by atoms with Gasteiger partial charge in [-0.15, -0.1) is 13.2 Å². The van der Waals surface area contributed by atoms with Gasteiger partial charge in [0.2, 0.25) is 15.9 Å². The molecule has 2 aromatic rings. The lowest BCUT2D eigenvalue weighted by atomic mass is 10.1. The fraction of sp³-hybridized carbons (Fsp3) is 0.278. The monoisotopic (exact) mass is 416 g/mol. The highest BCUT2D eigenvalue weighted by Gasteiger charge is 2.31. The van der Waals surface area contributed by atoms with Gasteiger partial charge in [0.25, 0.3) is 0 Å². The average Bonchev–Trinajstić information content (AvgIpc) is 2.55. The van der Waals surface area contributed by atoms with Crippen LogP contribution >= 0.6 is 0 Å². The fourth-order valence-electron chi connectivity index (χ4n) is 2.26. The molecule has 0 heterocycles. The number of ether oxygens (including phenoxy) is 1. The Morgan fingerprint density at radius 2 is 1.79 bits per heavy atom. The van der Waals surface area contributed by atoms with Crippen LogP contribution in [0.15, 0.2) is 47.4 Å². The van der Waals surface area contributed by atoms with Gasteiger partial charge in [-0.1, -0.05) is 12.1 Å². The van der Waals surface area contributed by atoms with E-state index < -0.39 is 28.0 Å². The lowest BCUT2D eigenvalue weighted by Crippen LogP contribution is -2.28. The van der Waals surface area contributed by atoms with Crippen LogP contribution in [0.1, 0.15) is 17.5 Å². The van der Waals surface area contributed by atoms with E-state index >= 15 is 0 Å². The predicted octanol–water partition coefficient (Wildman–Crippen LogP) is 3.51. The summed E-state index contributed by atoms with van der Waals surface area (Å²) >= 11 is 0. The Morgan fingerprint density at radius 3 is 2.43 bits per heavy atom. The van der Waals surface area contributed by atoms with E-state index in [0.717, 1.165) is 23.3 Å². The third-order valence-electron chi connectivity index (χ3n) is 3.78. The second kappa shape index (κ2) is 8.61. The summed E-state index contributed by atoms with van der Waals surface area (Å²) in [5.74, 6) is -1.03. The summed E-state index contributed by atoms with van der Waals surface area (Å²) in [7, 11) is -3.77. The Hall–Kier alpha value is -2.59. The number of carbonyl (C=O) groups excluding carboxylic acids is 1. The van der Waals surface area contributed by atoms with Crippen molar-refractivity contribution in [3.63, 3.8) is 0 Å². The maximum Gasteiger partial charge on any atom is 0.573 e. The van der Waals surface area contributed by atoms with Gasteiger partial charge in [0, 0.05) is 24.7 Å². The number of hydrogen-bond acceptors (Lipinski definition) is 4. The molecule has 0 radical (unpaired) electrons. The van der Waals surface area contributed by atoms with Gasteiger partial charge in [-0.25, -0.2) is 13.1 Å². The predicted molar refractivity (Wildman–Crippen MR) is 97.5 cm³/mol. The number of aryl methyl sites for hydroxylation is 2. The van der Waals surface area contributed by atoms with Crippen molar-refractivity contribution in [2.45, 2.75) is 31.5 Å². The maximum absolute atomic E-state index is 12.2. The van der Waals surface area contributed by atoms with E-state index in [2.05, 4.69) is 14.8 Å². The molecule has 0 aliphatic rings. The normalized spacial score (nSPS) is 11.9. The Kier molecular flexibility index (Phi) is 6.68. The molecule has 152 valence electrons. The molecule has 6 nitrogen and oxygen atoms in total. The van der Waals surface area contributed by atoms with E-state index in [9.17, 15) is 26.4 Å². The molecule has 2 aromatic carbocycles. The molecule has 0 spiro atoms. The van der Waals surface area contributed by atoms with Crippen molar-refractivity contribution >= 4 is 21.6 Å². The number of anilines is 1. The number of nitrogens with one attached hydrogen (secondary N) is 2. The highest BCUT2D eigenvalue weighted by Crippen LogP contribution is 2.25. The van der Waals surface area contributed by atoms with Crippen LogP contribution in [0, 0.1) is 13.8 Å². The first kappa shape index (κ1) is 21.7. The number of amides is 1. The number of benzene rings is 2. The summed E-state index contributed by atoms with van der Waals surface area (Å²) < 4.78 is 67.3. The summed E-state index contributed by atoms with van der Waals surface area (Å²) in [6.07, 6.45) is -5.04. The number of sulfonamides is 1. The second-order valence-electron chi connectivity index (χ2n) is 6.02. The molecule has 2 N–H and O–H groups in total. The number of hydrogen-bond donors (Lipinski definition) is 2. The third kappa shape index (κ3) is 6.54. The van der Waals surface area contributed by atoms with Gasteiger partial charge >= 0.3 is 6.36 Å². The van der Waals surface area contributed by atoms with Gasteiger partial charge in [-0.3, -0.25) is 4.79 Å². The molecule has 10 heteroatoms. The molecule has 0 atom stereocenters. The van der Waals surface area contributed by atoms with Crippen molar-refractivity contribution in [2.24, 2.45) is 0 Å². The van der Waals surface area contributed by atoms with Crippen LogP contribution < -0.4 is 14.8 Å². The van der Waals surface area contributed by atoms with Crippen molar-refractivity contribution in [3.05, 3.63) is 53.6 Å². The zero-order valence-corrected chi connectivity index (χ0v) is 15.9. The van der Waals surface area contributed by atoms with Crippen molar-refractivity contribution in [2.75, 3.05) is 11.9 Å². The summed E-state index contributed by atoms with van der Waals surface area (Å²) in [4.78, 5) is 12.0. The van der Waals surface area contributed by atoms with Crippen LogP contribution in [0.5, 0.6) is 5.75 Å². The molecular weight excluding hydrogens is 397 g/mol. The van der Waals surface area contributed by atoms with Gasteiger partial charge in [-0.2, -0.15) is 0 Å². The van der Waals surface area contributed by atoms with E-state index in [0.29, 0.717) is 0 Å². The molecule has 0 unspecified atom stereocenters. The Bertz CT molecular complexity index is 960. The van der Waals surface area contributed by atoms with E-state index in [1.54, 1.807) is 13.0 Å². The summed E-state index contributed by atoms with van der Waals surface area (Å²) in [5.41, 5.74) is 1.88. The van der Waals surface area contributed by atoms with Gasteiger partial charge < -0.3 is 10.1 Å². The van der Waals surface area contributed by atoms with Gasteiger partial charge in [-0.05, 0) is 49.2 Å². The minimum absolute atomic E-state index is 0.0907. The molecule has 0 saturated carbocycles. The van der Waals surface area contributed by atoms with Crippen molar-refractivity contribution < 1.29 is 31.1 Å². The van der Waals surface area contributed by atoms with E-state index in [4.69, 9.17) is 0 Å². The molecule has 0 fully saturated rings. The minimum atomic E-state index is -4.84. The topological polar surface area (TPSA) is 84.5 Å². The number of halogens is 3. The number of alkyl halides is 3. The molecule has 0 bridgehead atoms.